The number of halogens is 1. The second-order valence-electron chi connectivity index (χ2n) is 7.40. The number of carboxylic acid groups (broad SMARTS) is 1. The zero-order valence-electron chi connectivity index (χ0n) is 17.9. The van der Waals surface area contributed by atoms with Crippen LogP contribution in [0.2, 0.25) is 0 Å². The van der Waals surface area contributed by atoms with Gasteiger partial charge in [0.25, 0.3) is 5.89 Å². The number of hydrogen-bond acceptors (Lipinski definition) is 6. The number of rotatable bonds is 9. The van der Waals surface area contributed by atoms with E-state index in [-0.39, 0.29) is 12.4 Å². The maximum atomic E-state index is 14.3. The summed E-state index contributed by atoms with van der Waals surface area (Å²) in [6, 6.07) is 19.6. The summed E-state index contributed by atoms with van der Waals surface area (Å²) in [4.78, 5) is 15.1. The van der Waals surface area contributed by atoms with Crippen LogP contribution >= 0.6 is 0 Å². The fourth-order valence-electron chi connectivity index (χ4n) is 3.49. The molecule has 0 radical (unpaired) electrons. The fourth-order valence-corrected chi connectivity index (χ4v) is 3.49. The Balaban J connectivity index is 1.56. The minimum atomic E-state index is -0.901. The van der Waals surface area contributed by atoms with Gasteiger partial charge in [0.2, 0.25) is 5.82 Å². The third-order valence-corrected chi connectivity index (χ3v) is 5.06. The lowest BCUT2D eigenvalue weighted by Gasteiger charge is -2.11. The maximum absolute atomic E-state index is 14.3. The highest BCUT2D eigenvalue weighted by atomic mass is 19.1. The number of methoxy groups -OCH3 is 1. The van der Waals surface area contributed by atoms with Crippen molar-refractivity contribution in [1.29, 1.82) is 0 Å². The van der Waals surface area contributed by atoms with E-state index in [2.05, 4.69) is 15.5 Å². The first kappa shape index (κ1) is 22.3. The molecule has 1 aromatic heterocycles. The molecule has 8 heteroatoms. The van der Waals surface area contributed by atoms with Gasteiger partial charge >= 0.3 is 5.97 Å². The van der Waals surface area contributed by atoms with E-state index in [1.54, 1.807) is 25.3 Å². The van der Waals surface area contributed by atoms with Crippen LogP contribution in [-0.2, 0) is 22.7 Å². The molecule has 7 nitrogen and oxygen atoms in total. The monoisotopic (exact) mass is 447 g/mol. The molecule has 168 valence electrons. The van der Waals surface area contributed by atoms with Gasteiger partial charge in [-0.25, -0.2) is 4.39 Å². The molecule has 0 amide bonds. The third-order valence-electron chi connectivity index (χ3n) is 5.06. The number of benzene rings is 3. The normalized spacial score (nSPS) is 11.0. The molecule has 0 fully saturated rings. The predicted octanol–water partition coefficient (Wildman–Crippen LogP) is 4.53. The molecule has 0 unspecified atom stereocenters. The quantitative estimate of drug-likeness (QED) is 0.389. The molecular formula is C25H22FN3O4. The van der Waals surface area contributed by atoms with Crippen LogP contribution in [0.4, 0.5) is 4.39 Å². The van der Waals surface area contributed by atoms with E-state index >= 15 is 0 Å². The zero-order valence-corrected chi connectivity index (χ0v) is 17.9. The number of aliphatic carboxylic acids is 1. The average Bonchev–Trinajstić information content (AvgIpc) is 3.30. The van der Waals surface area contributed by atoms with Crippen molar-refractivity contribution >= 4 is 5.97 Å². The maximum Gasteiger partial charge on any atom is 0.317 e. The van der Waals surface area contributed by atoms with Crippen molar-refractivity contribution in [2.75, 3.05) is 13.7 Å². The van der Waals surface area contributed by atoms with Crippen LogP contribution in [0.25, 0.3) is 34.0 Å². The van der Waals surface area contributed by atoms with Crippen LogP contribution < -0.4 is 5.32 Å². The molecule has 0 aliphatic rings. The highest BCUT2D eigenvalue weighted by molar-refractivity contribution is 5.72. The molecule has 0 spiro atoms. The van der Waals surface area contributed by atoms with Crippen LogP contribution in [0, 0.1) is 5.82 Å². The highest BCUT2D eigenvalue weighted by Crippen LogP contribution is 2.31. The summed E-state index contributed by atoms with van der Waals surface area (Å²) in [5, 5.41) is 15.6. The predicted molar refractivity (Wildman–Crippen MR) is 121 cm³/mol. The summed E-state index contributed by atoms with van der Waals surface area (Å²) >= 11 is 0. The van der Waals surface area contributed by atoms with Gasteiger partial charge in [0.15, 0.2) is 0 Å². The van der Waals surface area contributed by atoms with E-state index in [1.165, 1.54) is 6.07 Å². The standard InChI is InChI=1S/C25H22FN3O4/c1-32-15-19-12-18(10-11-20(19)21-4-2-3-5-22(21)26)25-28-24(29-33-25)17-8-6-16(7-9-17)13-27-14-23(30)31/h2-12,27H,13-15H2,1H3,(H,30,31). The van der Waals surface area contributed by atoms with Crippen LogP contribution in [0.5, 0.6) is 0 Å². The minimum Gasteiger partial charge on any atom is -0.480 e. The van der Waals surface area contributed by atoms with E-state index in [0.29, 0.717) is 36.0 Å². The van der Waals surface area contributed by atoms with Crippen molar-refractivity contribution in [3.63, 3.8) is 0 Å². The molecule has 0 bridgehead atoms. The second kappa shape index (κ2) is 10.2. The van der Waals surface area contributed by atoms with Gasteiger partial charge in [-0.15, -0.1) is 0 Å². The molecule has 1 heterocycles. The Bertz CT molecular complexity index is 1250. The Kier molecular flexibility index (Phi) is 6.87. The largest absolute Gasteiger partial charge is 0.480 e. The van der Waals surface area contributed by atoms with Gasteiger partial charge in [0.05, 0.1) is 13.2 Å². The first-order valence-corrected chi connectivity index (χ1v) is 10.3. The van der Waals surface area contributed by atoms with E-state index in [0.717, 1.165) is 22.3 Å². The molecule has 0 aliphatic heterocycles. The first-order chi connectivity index (χ1) is 16.0. The second-order valence-corrected chi connectivity index (χ2v) is 7.40. The number of aromatic nitrogens is 2. The van der Waals surface area contributed by atoms with Crippen molar-refractivity contribution in [3.8, 4) is 34.0 Å². The van der Waals surface area contributed by atoms with E-state index in [9.17, 15) is 9.18 Å². The van der Waals surface area contributed by atoms with Gasteiger partial charge < -0.3 is 19.7 Å². The average molecular weight is 447 g/mol. The minimum absolute atomic E-state index is 0.100. The lowest BCUT2D eigenvalue weighted by molar-refractivity contribution is -0.136. The van der Waals surface area contributed by atoms with Gasteiger partial charge in [0.1, 0.15) is 5.82 Å². The number of carboxylic acids is 1. The lowest BCUT2D eigenvalue weighted by Crippen LogP contribution is -2.21. The molecule has 4 aromatic rings. The van der Waals surface area contributed by atoms with Crippen LogP contribution in [-0.4, -0.2) is 34.9 Å². The van der Waals surface area contributed by atoms with Gasteiger partial charge in [-0.3, -0.25) is 4.79 Å². The Morgan fingerprint density at radius 2 is 1.82 bits per heavy atom. The molecule has 2 N–H and O–H groups in total. The Hall–Kier alpha value is -3.88. The molecular weight excluding hydrogens is 425 g/mol. The smallest absolute Gasteiger partial charge is 0.317 e. The van der Waals surface area contributed by atoms with Crippen LogP contribution in [0.1, 0.15) is 11.1 Å². The molecule has 0 saturated heterocycles. The third kappa shape index (κ3) is 5.31. The molecule has 3 aromatic carbocycles. The number of nitrogens with zero attached hydrogens (tertiary/aromatic N) is 2. The number of ether oxygens (including phenoxy) is 1. The van der Waals surface area contributed by atoms with Crippen LogP contribution in [0.15, 0.2) is 71.3 Å². The molecule has 4 rings (SSSR count). The molecule has 0 atom stereocenters. The Labute approximate surface area is 189 Å². The highest BCUT2D eigenvalue weighted by Gasteiger charge is 2.15. The van der Waals surface area contributed by atoms with Gasteiger partial charge in [0, 0.05) is 30.3 Å². The topological polar surface area (TPSA) is 97.5 Å². The van der Waals surface area contributed by atoms with Crippen molar-refractivity contribution in [1.82, 2.24) is 15.5 Å². The van der Waals surface area contributed by atoms with Gasteiger partial charge in [-0.05, 0) is 34.9 Å². The summed E-state index contributed by atoms with van der Waals surface area (Å²) in [7, 11) is 1.59. The Morgan fingerprint density at radius 3 is 2.55 bits per heavy atom. The van der Waals surface area contributed by atoms with Crippen molar-refractivity contribution in [2.24, 2.45) is 0 Å². The van der Waals surface area contributed by atoms with Crippen molar-refractivity contribution in [2.45, 2.75) is 13.2 Å². The van der Waals surface area contributed by atoms with E-state index in [1.807, 2.05) is 42.5 Å². The Morgan fingerprint density at radius 1 is 1.06 bits per heavy atom. The summed E-state index contributed by atoms with van der Waals surface area (Å²) in [6.45, 7) is 0.646. The zero-order chi connectivity index (χ0) is 23.2. The van der Waals surface area contributed by atoms with Crippen molar-refractivity contribution in [3.05, 3.63) is 83.7 Å². The summed E-state index contributed by atoms with van der Waals surface area (Å²) < 4.78 is 25.1. The van der Waals surface area contributed by atoms with Crippen molar-refractivity contribution < 1.29 is 23.6 Å². The van der Waals surface area contributed by atoms with Gasteiger partial charge in [-0.1, -0.05) is 53.7 Å². The van der Waals surface area contributed by atoms with E-state index < -0.39 is 5.97 Å². The fraction of sp³-hybridized carbons (Fsp3) is 0.160. The number of hydrogen-bond donors (Lipinski definition) is 2. The number of nitrogens with one attached hydrogen (secondary N) is 1. The summed E-state index contributed by atoms with van der Waals surface area (Å²) in [5.74, 6) is -0.429. The molecule has 0 aliphatic carbocycles. The van der Waals surface area contributed by atoms with Crippen LogP contribution in [0.3, 0.4) is 0 Å². The summed E-state index contributed by atoms with van der Waals surface area (Å²) in [5.41, 5.74) is 4.46. The molecule has 33 heavy (non-hydrogen) atoms. The lowest BCUT2D eigenvalue weighted by atomic mass is 9.97. The SMILES string of the molecule is COCc1cc(-c2nc(-c3ccc(CNCC(=O)O)cc3)no2)ccc1-c1ccccc1F. The number of carbonyl (C=O) groups is 1. The first-order valence-electron chi connectivity index (χ1n) is 10.3. The molecule has 0 saturated carbocycles. The van der Waals surface area contributed by atoms with Gasteiger partial charge in [-0.2, -0.15) is 4.98 Å². The summed E-state index contributed by atoms with van der Waals surface area (Å²) in [6.07, 6.45) is 0. The van der Waals surface area contributed by atoms with E-state index in [4.69, 9.17) is 14.4 Å².